The summed E-state index contributed by atoms with van der Waals surface area (Å²) in [7, 11) is 0. The molecule has 2 atom stereocenters. The number of nitrogens with one attached hydrogen (secondary N) is 1. The molecule has 2 heterocycles. The fraction of sp³-hybridized carbons (Fsp3) is 0.273. The zero-order valence-corrected chi connectivity index (χ0v) is 18.6. The van der Waals surface area contributed by atoms with Gasteiger partial charge in [-0.3, -0.25) is 24.4 Å². The summed E-state index contributed by atoms with van der Waals surface area (Å²) < 4.78 is 0. The highest BCUT2D eigenvalue weighted by atomic mass is 35.5. The number of carbonyl (C=O) groups is 3. The molecule has 1 saturated heterocycles. The second-order valence-electron chi connectivity index (χ2n) is 7.59. The lowest BCUT2D eigenvalue weighted by Gasteiger charge is -2.25. The first kappa shape index (κ1) is 21.4. The normalized spacial score (nSPS) is 23.0. The number of amides is 4. The van der Waals surface area contributed by atoms with E-state index in [0.29, 0.717) is 21.4 Å². The predicted octanol–water partition coefficient (Wildman–Crippen LogP) is 3.63. The maximum Gasteiger partial charge on any atom is 0.325 e. The largest absolute Gasteiger partial charge is 0.325 e. The molecular formula is C22H21ClN4O3S. The van der Waals surface area contributed by atoms with Gasteiger partial charge in [-0.15, -0.1) is 0 Å². The molecule has 2 aliphatic rings. The van der Waals surface area contributed by atoms with E-state index in [0.717, 1.165) is 10.7 Å². The van der Waals surface area contributed by atoms with Crippen molar-refractivity contribution in [1.82, 2.24) is 10.2 Å². The van der Waals surface area contributed by atoms with Crippen molar-refractivity contribution in [3.8, 4) is 0 Å². The number of halogens is 1. The van der Waals surface area contributed by atoms with Crippen molar-refractivity contribution in [3.63, 3.8) is 0 Å². The lowest BCUT2D eigenvalue weighted by molar-refractivity contribution is -0.134. The quantitative estimate of drug-likeness (QED) is 0.712. The molecule has 1 fully saturated rings. The van der Waals surface area contributed by atoms with Crippen molar-refractivity contribution >= 4 is 52.1 Å². The van der Waals surface area contributed by atoms with Crippen LogP contribution in [0.25, 0.3) is 0 Å². The molecule has 2 aromatic rings. The van der Waals surface area contributed by atoms with Crippen molar-refractivity contribution in [1.29, 1.82) is 0 Å². The number of imide groups is 1. The van der Waals surface area contributed by atoms with E-state index < -0.39 is 29.9 Å². The molecule has 7 nitrogen and oxygen atoms in total. The highest BCUT2D eigenvalue weighted by molar-refractivity contribution is 8.14. The van der Waals surface area contributed by atoms with Crippen LogP contribution in [0.15, 0.2) is 59.6 Å². The van der Waals surface area contributed by atoms with Gasteiger partial charge in [0, 0.05) is 10.8 Å². The third kappa shape index (κ3) is 4.05. The van der Waals surface area contributed by atoms with Crippen molar-refractivity contribution in [2.45, 2.75) is 25.4 Å². The Labute approximate surface area is 189 Å². The summed E-state index contributed by atoms with van der Waals surface area (Å²) in [5.74, 6) is -0.145. The summed E-state index contributed by atoms with van der Waals surface area (Å²) in [6, 6.07) is 15.2. The molecule has 0 unspecified atom stereocenters. The molecule has 160 valence electrons. The second kappa shape index (κ2) is 8.36. The number of amidine groups is 1. The van der Waals surface area contributed by atoms with E-state index in [4.69, 9.17) is 11.6 Å². The fourth-order valence-corrected chi connectivity index (χ4v) is 4.73. The van der Waals surface area contributed by atoms with Gasteiger partial charge in [0.1, 0.15) is 12.1 Å². The third-order valence-corrected chi connectivity index (χ3v) is 6.68. The topological polar surface area (TPSA) is 82.1 Å². The van der Waals surface area contributed by atoms with Crippen LogP contribution >= 0.6 is 23.4 Å². The number of hydrogen-bond acceptors (Lipinski definition) is 5. The van der Waals surface area contributed by atoms with Crippen LogP contribution in [-0.4, -0.2) is 46.3 Å². The van der Waals surface area contributed by atoms with Gasteiger partial charge in [-0.05, 0) is 43.7 Å². The lowest BCUT2D eigenvalue weighted by atomic mass is 9.92. The fourth-order valence-electron chi connectivity index (χ4n) is 3.55. The zero-order chi connectivity index (χ0) is 22.2. The number of anilines is 1. The monoisotopic (exact) mass is 456 g/mol. The molecule has 0 aliphatic carbocycles. The van der Waals surface area contributed by atoms with Gasteiger partial charge in [0.15, 0.2) is 5.17 Å². The first-order chi connectivity index (χ1) is 14.8. The van der Waals surface area contributed by atoms with Crippen molar-refractivity contribution in [2.24, 2.45) is 4.99 Å². The summed E-state index contributed by atoms with van der Waals surface area (Å²) in [5, 5.41) is 3.81. The molecule has 2 aliphatic heterocycles. The van der Waals surface area contributed by atoms with Gasteiger partial charge in [-0.25, -0.2) is 4.79 Å². The molecule has 0 bridgehead atoms. The highest BCUT2D eigenvalue weighted by Crippen LogP contribution is 2.30. The number of aliphatic imine (C=N–C) groups is 1. The number of nitrogens with zero attached hydrogens (tertiary/aromatic N) is 3. The average Bonchev–Trinajstić information content (AvgIpc) is 3.27. The Morgan fingerprint density at radius 1 is 1.23 bits per heavy atom. The lowest BCUT2D eigenvalue weighted by Crippen LogP contribution is -2.46. The van der Waals surface area contributed by atoms with Crippen LogP contribution in [0, 0.1) is 0 Å². The van der Waals surface area contributed by atoms with E-state index in [9.17, 15) is 14.4 Å². The molecule has 1 N–H and O–H groups in total. The van der Waals surface area contributed by atoms with Gasteiger partial charge in [-0.1, -0.05) is 53.7 Å². The van der Waals surface area contributed by atoms with Gasteiger partial charge < -0.3 is 5.32 Å². The van der Waals surface area contributed by atoms with Crippen LogP contribution in [0.4, 0.5) is 10.5 Å². The molecule has 9 heteroatoms. The Kier molecular flexibility index (Phi) is 5.77. The Morgan fingerprint density at radius 3 is 2.52 bits per heavy atom. The summed E-state index contributed by atoms with van der Waals surface area (Å²) in [4.78, 5) is 46.1. The molecule has 0 radical (unpaired) electrons. The molecular weight excluding hydrogens is 436 g/mol. The molecule has 4 amide bonds. The number of hydrogen-bond donors (Lipinski definition) is 1. The summed E-state index contributed by atoms with van der Waals surface area (Å²) in [6.45, 7) is 3.21. The smallest absolute Gasteiger partial charge is 0.319 e. The minimum absolute atomic E-state index is 0.0701. The maximum absolute atomic E-state index is 13.3. The van der Waals surface area contributed by atoms with Gasteiger partial charge in [0.05, 0.1) is 11.7 Å². The number of thioether (sulfide) groups is 1. The molecule has 4 rings (SSSR count). The van der Waals surface area contributed by atoms with Crippen LogP contribution in [0.3, 0.4) is 0 Å². The van der Waals surface area contributed by atoms with Gasteiger partial charge >= 0.3 is 6.03 Å². The zero-order valence-electron chi connectivity index (χ0n) is 17.0. The van der Waals surface area contributed by atoms with E-state index in [2.05, 4.69) is 10.3 Å². The Bertz CT molecular complexity index is 1060. The number of carbonyl (C=O) groups excluding carboxylic acids is 3. The SMILES string of the molecule is C[C@H]1CSC(N(C(=O)CN2C(=O)N[C@@](C)(c3ccccc3)C2=O)c2ccc(Cl)cc2)=N1. The molecule has 0 aromatic heterocycles. The van der Waals surface area contributed by atoms with E-state index in [-0.39, 0.29) is 6.04 Å². The summed E-state index contributed by atoms with van der Waals surface area (Å²) >= 11 is 7.46. The molecule has 0 spiro atoms. The van der Waals surface area contributed by atoms with Gasteiger partial charge in [-0.2, -0.15) is 0 Å². The first-order valence-corrected chi connectivity index (χ1v) is 11.1. The van der Waals surface area contributed by atoms with Crippen LogP contribution < -0.4 is 10.2 Å². The number of urea groups is 1. The van der Waals surface area contributed by atoms with Crippen molar-refractivity contribution in [2.75, 3.05) is 17.2 Å². The molecule has 2 aromatic carbocycles. The van der Waals surface area contributed by atoms with E-state index >= 15 is 0 Å². The van der Waals surface area contributed by atoms with Crippen molar-refractivity contribution in [3.05, 3.63) is 65.2 Å². The molecule has 0 saturated carbocycles. The van der Waals surface area contributed by atoms with Crippen LogP contribution in [-0.2, 0) is 15.1 Å². The number of benzene rings is 2. The maximum atomic E-state index is 13.3. The minimum Gasteiger partial charge on any atom is -0.319 e. The van der Waals surface area contributed by atoms with Gasteiger partial charge in [0.2, 0.25) is 0 Å². The highest BCUT2D eigenvalue weighted by Gasteiger charge is 2.50. The van der Waals surface area contributed by atoms with Crippen molar-refractivity contribution < 1.29 is 14.4 Å². The van der Waals surface area contributed by atoms with Crippen LogP contribution in [0.1, 0.15) is 19.4 Å². The van der Waals surface area contributed by atoms with Crippen LogP contribution in [0.2, 0.25) is 5.02 Å². The van der Waals surface area contributed by atoms with E-state index in [1.165, 1.54) is 16.7 Å². The van der Waals surface area contributed by atoms with Gasteiger partial charge in [0.25, 0.3) is 11.8 Å². The second-order valence-corrected chi connectivity index (χ2v) is 9.01. The number of rotatable bonds is 4. The standard InChI is InChI=1S/C22H21ClN4O3S/c1-14-13-31-21(24-14)27(17-10-8-16(23)9-11-17)18(28)12-26-19(29)22(2,25-20(26)30)15-6-4-3-5-7-15/h3-11,14H,12-13H2,1-2H3,(H,25,30)/t14-,22-/m0/s1. The van der Waals surface area contributed by atoms with E-state index in [1.54, 1.807) is 55.5 Å². The Morgan fingerprint density at radius 2 is 1.90 bits per heavy atom. The summed E-state index contributed by atoms with van der Waals surface area (Å²) in [5.41, 5.74) is 0.00717. The van der Waals surface area contributed by atoms with E-state index in [1.807, 2.05) is 13.0 Å². The average molecular weight is 457 g/mol. The molecule has 31 heavy (non-hydrogen) atoms. The Hall–Kier alpha value is -2.84. The van der Waals surface area contributed by atoms with Crippen LogP contribution in [0.5, 0.6) is 0 Å². The summed E-state index contributed by atoms with van der Waals surface area (Å²) in [6.07, 6.45) is 0. The first-order valence-electron chi connectivity index (χ1n) is 9.78. The predicted molar refractivity (Wildman–Crippen MR) is 122 cm³/mol. The Balaban J connectivity index is 1.61. The minimum atomic E-state index is -1.22. The third-order valence-electron chi connectivity index (χ3n) is 5.23.